The van der Waals surface area contributed by atoms with E-state index in [0.29, 0.717) is 12.5 Å². The van der Waals surface area contributed by atoms with E-state index in [1.807, 2.05) is 12.1 Å². The summed E-state index contributed by atoms with van der Waals surface area (Å²) >= 11 is 0. The van der Waals surface area contributed by atoms with Crippen LogP contribution in [-0.2, 0) is 11.3 Å². The number of rotatable bonds is 3. The molecule has 0 unspecified atom stereocenters. The average molecular weight is 275 g/mol. The van der Waals surface area contributed by atoms with Gasteiger partial charge in [0, 0.05) is 24.7 Å². The highest BCUT2D eigenvalue weighted by Gasteiger charge is 2.18. The van der Waals surface area contributed by atoms with Gasteiger partial charge in [0.2, 0.25) is 5.88 Å². The van der Waals surface area contributed by atoms with Crippen molar-refractivity contribution < 1.29 is 14.3 Å². The summed E-state index contributed by atoms with van der Waals surface area (Å²) in [5.41, 5.74) is 0.424. The van der Waals surface area contributed by atoms with Crippen molar-refractivity contribution in [2.45, 2.75) is 33.0 Å². The molecule has 0 fully saturated rings. The molecule has 0 saturated heterocycles. The van der Waals surface area contributed by atoms with Gasteiger partial charge in [-0.3, -0.25) is 4.98 Å². The molecule has 6 heteroatoms. The first kappa shape index (κ1) is 14.0. The topological polar surface area (TPSA) is 66.2 Å². The summed E-state index contributed by atoms with van der Waals surface area (Å²) in [5.74, 6) is 0.368. The molecule has 0 aliphatic rings. The van der Waals surface area contributed by atoms with Gasteiger partial charge in [0.15, 0.2) is 0 Å². The van der Waals surface area contributed by atoms with Crippen LogP contribution in [0.4, 0.5) is 4.79 Å². The van der Waals surface area contributed by atoms with E-state index in [1.165, 1.54) is 6.20 Å². The first-order valence-corrected chi connectivity index (χ1v) is 6.25. The summed E-state index contributed by atoms with van der Waals surface area (Å²) in [4.78, 5) is 15.7. The normalized spacial score (nSPS) is 11.2. The molecular formula is C14H17N3O3. The van der Waals surface area contributed by atoms with Crippen LogP contribution >= 0.6 is 0 Å². The minimum Gasteiger partial charge on any atom is -0.472 e. The summed E-state index contributed by atoms with van der Waals surface area (Å²) < 4.78 is 11.8. The predicted molar refractivity (Wildman–Crippen MR) is 72.4 cm³/mol. The molecular weight excluding hydrogens is 258 g/mol. The molecule has 0 bridgehead atoms. The molecule has 0 aliphatic heterocycles. The summed E-state index contributed by atoms with van der Waals surface area (Å²) in [6.07, 6.45) is 4.36. The van der Waals surface area contributed by atoms with Crippen LogP contribution in [0.25, 0.3) is 0 Å². The van der Waals surface area contributed by atoms with Gasteiger partial charge in [0.1, 0.15) is 12.2 Å². The molecule has 0 spiro atoms. The SMILES string of the molecule is CC(C)(C)OC(=O)n1ccc(OCc2ccncc2)n1. The molecule has 0 atom stereocenters. The fourth-order valence-corrected chi connectivity index (χ4v) is 1.43. The van der Waals surface area contributed by atoms with Crippen molar-refractivity contribution in [2.75, 3.05) is 0 Å². The van der Waals surface area contributed by atoms with Gasteiger partial charge in [-0.25, -0.2) is 4.79 Å². The van der Waals surface area contributed by atoms with Gasteiger partial charge in [0.25, 0.3) is 0 Å². The van der Waals surface area contributed by atoms with Gasteiger partial charge in [-0.1, -0.05) is 0 Å². The van der Waals surface area contributed by atoms with Crippen molar-refractivity contribution in [3.05, 3.63) is 42.4 Å². The zero-order valence-corrected chi connectivity index (χ0v) is 11.7. The lowest BCUT2D eigenvalue weighted by Crippen LogP contribution is -2.27. The quantitative estimate of drug-likeness (QED) is 0.861. The van der Waals surface area contributed by atoms with Crippen LogP contribution in [0.3, 0.4) is 0 Å². The van der Waals surface area contributed by atoms with Crippen LogP contribution in [-0.4, -0.2) is 26.5 Å². The minimum absolute atomic E-state index is 0.368. The Kier molecular flexibility index (Phi) is 4.02. The van der Waals surface area contributed by atoms with Crippen LogP contribution in [0.2, 0.25) is 0 Å². The molecule has 2 heterocycles. The lowest BCUT2D eigenvalue weighted by Gasteiger charge is -2.18. The summed E-state index contributed by atoms with van der Waals surface area (Å²) in [7, 11) is 0. The van der Waals surface area contributed by atoms with Gasteiger partial charge >= 0.3 is 6.09 Å². The van der Waals surface area contributed by atoms with Crippen LogP contribution < -0.4 is 4.74 Å². The maximum absolute atomic E-state index is 11.8. The first-order valence-electron chi connectivity index (χ1n) is 6.25. The Balaban J connectivity index is 1.94. The van der Waals surface area contributed by atoms with Gasteiger partial charge in [0.05, 0.1) is 0 Å². The van der Waals surface area contributed by atoms with E-state index < -0.39 is 11.7 Å². The largest absolute Gasteiger partial charge is 0.472 e. The third-order valence-electron chi connectivity index (χ3n) is 2.28. The highest BCUT2D eigenvalue weighted by atomic mass is 16.6. The van der Waals surface area contributed by atoms with E-state index in [-0.39, 0.29) is 0 Å². The summed E-state index contributed by atoms with van der Waals surface area (Å²) in [6.45, 7) is 5.77. The van der Waals surface area contributed by atoms with Gasteiger partial charge in [-0.15, -0.1) is 5.10 Å². The maximum Gasteiger partial charge on any atom is 0.435 e. The van der Waals surface area contributed by atoms with Crippen molar-refractivity contribution in [3.63, 3.8) is 0 Å². The molecule has 106 valence electrons. The number of carbonyl (C=O) groups excluding carboxylic acids is 1. The molecule has 20 heavy (non-hydrogen) atoms. The van der Waals surface area contributed by atoms with Crippen LogP contribution in [0.15, 0.2) is 36.8 Å². The number of hydrogen-bond donors (Lipinski definition) is 0. The molecule has 2 rings (SSSR count). The van der Waals surface area contributed by atoms with E-state index >= 15 is 0 Å². The predicted octanol–water partition coefficient (Wildman–Crippen LogP) is 2.64. The zero-order chi connectivity index (χ0) is 14.6. The lowest BCUT2D eigenvalue weighted by atomic mass is 10.2. The Morgan fingerprint density at radius 1 is 1.25 bits per heavy atom. The average Bonchev–Trinajstić information content (AvgIpc) is 2.84. The molecule has 2 aromatic rings. The molecule has 0 radical (unpaired) electrons. The number of carbonyl (C=O) groups is 1. The van der Waals surface area contributed by atoms with Crippen LogP contribution in [0, 0.1) is 0 Å². The smallest absolute Gasteiger partial charge is 0.435 e. The number of pyridine rings is 1. The zero-order valence-electron chi connectivity index (χ0n) is 11.7. The lowest BCUT2D eigenvalue weighted by molar-refractivity contribution is 0.0511. The Morgan fingerprint density at radius 3 is 2.60 bits per heavy atom. The number of ether oxygens (including phenoxy) is 2. The molecule has 0 amide bonds. The minimum atomic E-state index is -0.554. The fourth-order valence-electron chi connectivity index (χ4n) is 1.43. The second kappa shape index (κ2) is 5.73. The van der Waals surface area contributed by atoms with Gasteiger partial charge in [-0.05, 0) is 38.5 Å². The van der Waals surface area contributed by atoms with Crippen molar-refractivity contribution in [1.82, 2.24) is 14.8 Å². The molecule has 0 aromatic carbocycles. The number of aromatic nitrogens is 3. The molecule has 0 N–H and O–H groups in total. The Labute approximate surface area is 117 Å². The number of hydrogen-bond acceptors (Lipinski definition) is 5. The summed E-state index contributed by atoms with van der Waals surface area (Å²) in [6, 6.07) is 5.32. The number of nitrogens with zero attached hydrogens (tertiary/aromatic N) is 3. The third kappa shape index (κ3) is 4.08. The highest BCUT2D eigenvalue weighted by molar-refractivity contribution is 5.69. The van der Waals surface area contributed by atoms with Crippen molar-refractivity contribution in [3.8, 4) is 5.88 Å². The van der Waals surface area contributed by atoms with Crippen molar-refractivity contribution >= 4 is 6.09 Å². The second-order valence-electron chi connectivity index (χ2n) is 5.22. The molecule has 2 aromatic heterocycles. The molecule has 6 nitrogen and oxygen atoms in total. The van der Waals surface area contributed by atoms with Crippen molar-refractivity contribution in [2.24, 2.45) is 0 Å². The second-order valence-corrected chi connectivity index (χ2v) is 5.22. The highest BCUT2D eigenvalue weighted by Crippen LogP contribution is 2.12. The van der Waals surface area contributed by atoms with Gasteiger partial charge in [-0.2, -0.15) is 4.68 Å². The Bertz CT molecular complexity index is 573. The van der Waals surface area contributed by atoms with E-state index in [4.69, 9.17) is 9.47 Å². The Morgan fingerprint density at radius 2 is 1.95 bits per heavy atom. The van der Waals surface area contributed by atoms with E-state index in [2.05, 4.69) is 10.1 Å². The van der Waals surface area contributed by atoms with E-state index in [0.717, 1.165) is 10.2 Å². The van der Waals surface area contributed by atoms with Gasteiger partial charge < -0.3 is 9.47 Å². The maximum atomic E-state index is 11.8. The third-order valence-corrected chi connectivity index (χ3v) is 2.28. The standard InChI is InChI=1S/C14H17N3O3/c1-14(2,3)20-13(18)17-9-6-12(16-17)19-10-11-4-7-15-8-5-11/h4-9H,10H2,1-3H3. The van der Waals surface area contributed by atoms with Crippen LogP contribution in [0.5, 0.6) is 5.88 Å². The molecule has 0 saturated carbocycles. The monoisotopic (exact) mass is 275 g/mol. The van der Waals surface area contributed by atoms with Crippen molar-refractivity contribution in [1.29, 1.82) is 0 Å². The summed E-state index contributed by atoms with van der Waals surface area (Å²) in [5, 5.41) is 4.01. The van der Waals surface area contributed by atoms with E-state index in [9.17, 15) is 4.79 Å². The fraction of sp³-hybridized carbons (Fsp3) is 0.357. The van der Waals surface area contributed by atoms with Crippen LogP contribution in [0.1, 0.15) is 26.3 Å². The van der Waals surface area contributed by atoms with E-state index in [1.54, 1.807) is 39.2 Å². The molecule has 0 aliphatic carbocycles. The first-order chi connectivity index (χ1) is 9.44. The Hall–Kier alpha value is -2.37.